The van der Waals surface area contributed by atoms with E-state index in [0.29, 0.717) is 12.3 Å². The molecule has 0 saturated heterocycles. The fraction of sp³-hybridized carbons (Fsp3) is 0.500. The Labute approximate surface area is 138 Å². The number of amides is 1. The fourth-order valence-electron chi connectivity index (χ4n) is 1.86. The average Bonchev–Trinajstić information content (AvgIpc) is 3.15. The standard InChI is InChI=1S/C14H20N4O2S2/c1-3-5-10(2)16-12(19)9-21-14-18-17-13(22-14)15-8-11-6-4-7-20-11/h4,6-7,10H,3,5,8-9H2,1-2H3,(H,15,17)(H,16,19). The van der Waals surface area contributed by atoms with Crippen molar-refractivity contribution in [2.24, 2.45) is 0 Å². The molecule has 0 aliphatic rings. The van der Waals surface area contributed by atoms with Gasteiger partial charge < -0.3 is 15.1 Å². The molecule has 1 atom stereocenters. The van der Waals surface area contributed by atoms with E-state index in [1.807, 2.05) is 19.1 Å². The highest BCUT2D eigenvalue weighted by Gasteiger charge is 2.10. The molecule has 1 unspecified atom stereocenters. The first-order chi connectivity index (χ1) is 10.7. The van der Waals surface area contributed by atoms with Crippen molar-refractivity contribution in [3.8, 4) is 0 Å². The smallest absolute Gasteiger partial charge is 0.230 e. The monoisotopic (exact) mass is 340 g/mol. The Kier molecular flexibility index (Phi) is 6.73. The number of hydrogen-bond acceptors (Lipinski definition) is 7. The maximum atomic E-state index is 11.8. The van der Waals surface area contributed by atoms with Gasteiger partial charge in [0.05, 0.1) is 18.6 Å². The summed E-state index contributed by atoms with van der Waals surface area (Å²) >= 11 is 2.84. The van der Waals surface area contributed by atoms with Crippen LogP contribution in [0.2, 0.25) is 0 Å². The van der Waals surface area contributed by atoms with Crippen molar-refractivity contribution in [2.45, 2.75) is 43.6 Å². The second-order valence-corrected chi connectivity index (χ2v) is 7.05. The first kappa shape index (κ1) is 16.8. The minimum atomic E-state index is 0.0336. The van der Waals surface area contributed by atoms with Gasteiger partial charge in [-0.05, 0) is 25.5 Å². The lowest BCUT2D eigenvalue weighted by Gasteiger charge is -2.11. The number of nitrogens with zero attached hydrogens (tertiary/aromatic N) is 2. The van der Waals surface area contributed by atoms with Gasteiger partial charge in [0.2, 0.25) is 11.0 Å². The number of aromatic nitrogens is 2. The van der Waals surface area contributed by atoms with Crippen molar-refractivity contribution in [1.29, 1.82) is 0 Å². The Bertz CT molecular complexity index is 571. The van der Waals surface area contributed by atoms with E-state index in [0.717, 1.165) is 28.1 Å². The third kappa shape index (κ3) is 5.69. The van der Waals surface area contributed by atoms with Crippen LogP contribution in [0.3, 0.4) is 0 Å². The molecule has 2 aromatic rings. The van der Waals surface area contributed by atoms with Crippen LogP contribution in [0.5, 0.6) is 0 Å². The van der Waals surface area contributed by atoms with Crippen molar-refractivity contribution in [3.63, 3.8) is 0 Å². The summed E-state index contributed by atoms with van der Waals surface area (Å²) in [5, 5.41) is 14.9. The highest BCUT2D eigenvalue weighted by atomic mass is 32.2. The first-order valence-corrected chi connectivity index (χ1v) is 8.99. The Morgan fingerprint density at radius 3 is 3.09 bits per heavy atom. The highest BCUT2D eigenvalue weighted by molar-refractivity contribution is 8.01. The van der Waals surface area contributed by atoms with Gasteiger partial charge in [-0.1, -0.05) is 36.4 Å². The van der Waals surface area contributed by atoms with Crippen LogP contribution in [0, 0.1) is 0 Å². The summed E-state index contributed by atoms with van der Waals surface area (Å²) < 4.78 is 6.01. The third-order valence-electron chi connectivity index (χ3n) is 2.86. The van der Waals surface area contributed by atoms with E-state index in [9.17, 15) is 4.79 Å². The van der Waals surface area contributed by atoms with Crippen molar-refractivity contribution in [3.05, 3.63) is 24.2 Å². The Balaban J connectivity index is 1.71. The van der Waals surface area contributed by atoms with Gasteiger partial charge >= 0.3 is 0 Å². The minimum Gasteiger partial charge on any atom is -0.467 e. The molecular formula is C14H20N4O2S2. The van der Waals surface area contributed by atoms with Crippen molar-refractivity contribution >= 4 is 34.1 Å². The van der Waals surface area contributed by atoms with Crippen LogP contribution in [-0.4, -0.2) is 27.9 Å². The zero-order valence-corrected chi connectivity index (χ0v) is 14.3. The molecule has 22 heavy (non-hydrogen) atoms. The van der Waals surface area contributed by atoms with Crippen LogP contribution in [-0.2, 0) is 11.3 Å². The van der Waals surface area contributed by atoms with E-state index in [1.54, 1.807) is 6.26 Å². The summed E-state index contributed by atoms with van der Waals surface area (Å²) in [4.78, 5) is 11.8. The lowest BCUT2D eigenvalue weighted by molar-refractivity contribution is -0.119. The van der Waals surface area contributed by atoms with Gasteiger partial charge in [0.25, 0.3) is 0 Å². The maximum absolute atomic E-state index is 11.8. The van der Waals surface area contributed by atoms with Crippen molar-refractivity contribution < 1.29 is 9.21 Å². The zero-order chi connectivity index (χ0) is 15.8. The Morgan fingerprint density at radius 1 is 1.50 bits per heavy atom. The van der Waals surface area contributed by atoms with Crippen LogP contribution in [0.4, 0.5) is 5.13 Å². The molecule has 2 heterocycles. The van der Waals surface area contributed by atoms with Crippen LogP contribution in [0.1, 0.15) is 32.4 Å². The topological polar surface area (TPSA) is 80.0 Å². The molecule has 0 radical (unpaired) electrons. The number of furan rings is 1. The second kappa shape index (κ2) is 8.79. The summed E-state index contributed by atoms with van der Waals surface area (Å²) in [5.41, 5.74) is 0. The van der Waals surface area contributed by atoms with Crippen LogP contribution in [0.15, 0.2) is 27.2 Å². The van der Waals surface area contributed by atoms with E-state index in [2.05, 4.69) is 27.8 Å². The van der Waals surface area contributed by atoms with Gasteiger partial charge in [0.1, 0.15) is 5.76 Å². The van der Waals surface area contributed by atoms with Crippen LogP contribution >= 0.6 is 23.1 Å². The molecule has 8 heteroatoms. The quantitative estimate of drug-likeness (QED) is 0.683. The highest BCUT2D eigenvalue weighted by Crippen LogP contribution is 2.25. The first-order valence-electron chi connectivity index (χ1n) is 7.19. The van der Waals surface area contributed by atoms with E-state index in [1.165, 1.54) is 23.1 Å². The molecule has 0 fully saturated rings. The molecular weight excluding hydrogens is 320 g/mol. The summed E-state index contributed by atoms with van der Waals surface area (Å²) in [6, 6.07) is 3.96. The molecule has 2 aromatic heterocycles. The van der Waals surface area contributed by atoms with E-state index in [-0.39, 0.29) is 11.9 Å². The SMILES string of the molecule is CCCC(C)NC(=O)CSc1nnc(NCc2ccco2)s1. The summed E-state index contributed by atoms with van der Waals surface area (Å²) in [6.07, 6.45) is 3.70. The summed E-state index contributed by atoms with van der Waals surface area (Å²) in [6.45, 7) is 4.70. The number of anilines is 1. The number of hydrogen-bond donors (Lipinski definition) is 2. The Hall–Kier alpha value is -1.54. The summed E-state index contributed by atoms with van der Waals surface area (Å²) in [7, 11) is 0. The van der Waals surface area contributed by atoms with Gasteiger partial charge in [-0.25, -0.2) is 0 Å². The molecule has 0 aliphatic carbocycles. The molecule has 2 N–H and O–H groups in total. The molecule has 120 valence electrons. The van der Waals surface area contributed by atoms with Gasteiger partial charge in [0.15, 0.2) is 4.34 Å². The molecule has 0 spiro atoms. The molecule has 1 amide bonds. The second-order valence-electron chi connectivity index (χ2n) is 4.85. The molecule has 2 rings (SSSR count). The van der Waals surface area contributed by atoms with E-state index in [4.69, 9.17) is 4.42 Å². The number of thioether (sulfide) groups is 1. The lowest BCUT2D eigenvalue weighted by Crippen LogP contribution is -2.33. The number of carbonyl (C=O) groups excluding carboxylic acids is 1. The summed E-state index contributed by atoms with van der Waals surface area (Å²) in [5.74, 6) is 1.24. The fourth-order valence-corrected chi connectivity index (χ4v) is 3.42. The molecule has 0 aromatic carbocycles. The van der Waals surface area contributed by atoms with Gasteiger partial charge in [0, 0.05) is 6.04 Å². The predicted molar refractivity (Wildman–Crippen MR) is 89.2 cm³/mol. The normalized spacial score (nSPS) is 12.1. The largest absolute Gasteiger partial charge is 0.467 e. The van der Waals surface area contributed by atoms with Crippen molar-refractivity contribution in [2.75, 3.05) is 11.1 Å². The van der Waals surface area contributed by atoms with E-state index < -0.39 is 0 Å². The maximum Gasteiger partial charge on any atom is 0.230 e. The van der Waals surface area contributed by atoms with E-state index >= 15 is 0 Å². The minimum absolute atomic E-state index is 0.0336. The zero-order valence-electron chi connectivity index (χ0n) is 12.7. The molecule has 6 nitrogen and oxygen atoms in total. The lowest BCUT2D eigenvalue weighted by atomic mass is 10.2. The predicted octanol–water partition coefficient (Wildman–Crippen LogP) is 3.14. The van der Waals surface area contributed by atoms with Gasteiger partial charge in [-0.15, -0.1) is 10.2 Å². The number of carbonyl (C=O) groups is 1. The molecule has 0 bridgehead atoms. The van der Waals surface area contributed by atoms with Crippen LogP contribution < -0.4 is 10.6 Å². The molecule has 0 saturated carbocycles. The van der Waals surface area contributed by atoms with Gasteiger partial charge in [-0.3, -0.25) is 4.79 Å². The van der Waals surface area contributed by atoms with Gasteiger partial charge in [-0.2, -0.15) is 0 Å². The number of nitrogens with one attached hydrogen (secondary N) is 2. The third-order valence-corrected chi connectivity index (χ3v) is 4.87. The van der Waals surface area contributed by atoms with Crippen LogP contribution in [0.25, 0.3) is 0 Å². The van der Waals surface area contributed by atoms with Crippen molar-refractivity contribution in [1.82, 2.24) is 15.5 Å². The average molecular weight is 340 g/mol. The molecule has 0 aliphatic heterocycles. The Morgan fingerprint density at radius 2 is 2.36 bits per heavy atom. The number of rotatable bonds is 9.